The number of benzene rings is 1. The minimum atomic E-state index is 0.0299. The Morgan fingerprint density at radius 1 is 1.13 bits per heavy atom. The normalized spacial score (nSPS) is 19.6. The average molecular weight is 421 g/mol. The van der Waals surface area contributed by atoms with Crippen LogP contribution in [0.25, 0.3) is 27.7 Å². The molecule has 2 atom stereocenters. The lowest BCUT2D eigenvalue weighted by atomic mass is 9.85. The van der Waals surface area contributed by atoms with Crippen molar-refractivity contribution in [3.05, 3.63) is 63.8 Å². The summed E-state index contributed by atoms with van der Waals surface area (Å²) in [6.07, 6.45) is 9.12. The molecule has 1 aliphatic carbocycles. The first kappa shape index (κ1) is 19.3. The zero-order valence-electron chi connectivity index (χ0n) is 17.3. The third-order valence-corrected chi connectivity index (χ3v) is 6.75. The van der Waals surface area contributed by atoms with Gasteiger partial charge in [-0.25, -0.2) is 9.50 Å². The Morgan fingerprint density at radius 3 is 2.63 bits per heavy atom. The van der Waals surface area contributed by atoms with Gasteiger partial charge >= 0.3 is 0 Å². The van der Waals surface area contributed by atoms with E-state index in [0.717, 1.165) is 40.8 Å². The highest BCUT2D eigenvalue weighted by Crippen LogP contribution is 2.34. The van der Waals surface area contributed by atoms with Crippen molar-refractivity contribution in [2.24, 2.45) is 5.92 Å². The molecule has 6 heteroatoms. The van der Waals surface area contributed by atoms with Crippen molar-refractivity contribution < 1.29 is 0 Å². The van der Waals surface area contributed by atoms with E-state index in [9.17, 15) is 4.79 Å². The van der Waals surface area contributed by atoms with Crippen LogP contribution in [-0.2, 0) is 6.42 Å². The molecule has 1 aliphatic rings. The summed E-state index contributed by atoms with van der Waals surface area (Å²) in [5.41, 5.74) is 4.60. The van der Waals surface area contributed by atoms with E-state index in [1.165, 1.54) is 19.3 Å². The number of pyridine rings is 1. The van der Waals surface area contributed by atoms with Crippen LogP contribution in [-0.4, -0.2) is 19.2 Å². The van der Waals surface area contributed by atoms with Crippen LogP contribution in [0.3, 0.4) is 0 Å². The quantitative estimate of drug-likeness (QED) is 0.428. The fourth-order valence-electron chi connectivity index (χ4n) is 4.86. The molecule has 3 aromatic heterocycles. The highest BCUT2D eigenvalue weighted by molar-refractivity contribution is 6.30. The van der Waals surface area contributed by atoms with Crippen LogP contribution < -0.4 is 5.56 Å². The second-order valence-corrected chi connectivity index (χ2v) is 8.77. The summed E-state index contributed by atoms with van der Waals surface area (Å²) < 4.78 is 3.75. The molecule has 1 aromatic carbocycles. The Labute approximate surface area is 180 Å². The maximum absolute atomic E-state index is 13.4. The van der Waals surface area contributed by atoms with Crippen LogP contribution in [0.15, 0.2) is 47.5 Å². The molecule has 3 heterocycles. The fraction of sp³-hybridized carbons (Fsp3) is 0.375. The van der Waals surface area contributed by atoms with Crippen LogP contribution in [0.1, 0.15) is 51.3 Å². The van der Waals surface area contributed by atoms with Crippen molar-refractivity contribution in [1.29, 1.82) is 0 Å². The lowest BCUT2D eigenvalue weighted by molar-refractivity contribution is 0.253. The summed E-state index contributed by atoms with van der Waals surface area (Å²) in [5.74, 6) is 0.512. The van der Waals surface area contributed by atoms with Gasteiger partial charge in [0.05, 0.1) is 16.6 Å². The van der Waals surface area contributed by atoms with E-state index in [1.807, 2.05) is 45.6 Å². The number of aryl methyl sites for hydroxylation is 1. The van der Waals surface area contributed by atoms with Gasteiger partial charge in [0.15, 0.2) is 5.65 Å². The molecule has 0 aliphatic heterocycles. The first-order valence-corrected chi connectivity index (χ1v) is 11.1. The highest BCUT2D eigenvalue weighted by atomic mass is 35.5. The van der Waals surface area contributed by atoms with E-state index in [2.05, 4.69) is 13.8 Å². The SMILES string of the molecule is CCc1nn2c(ncc3c(=O)n([C@@H]4CCCC[C@H]4C)ccc32)c1-c1ccc(Cl)cc1. The summed E-state index contributed by atoms with van der Waals surface area (Å²) in [6, 6.07) is 10.0. The minimum Gasteiger partial charge on any atom is -0.312 e. The van der Waals surface area contributed by atoms with Gasteiger partial charge in [0.2, 0.25) is 0 Å². The Hall–Kier alpha value is -2.66. The number of hydrogen-bond acceptors (Lipinski definition) is 3. The van der Waals surface area contributed by atoms with Gasteiger partial charge in [-0.1, -0.05) is 50.4 Å². The van der Waals surface area contributed by atoms with Gasteiger partial charge in [-0.3, -0.25) is 4.79 Å². The van der Waals surface area contributed by atoms with Gasteiger partial charge in [-0.05, 0) is 48.9 Å². The van der Waals surface area contributed by atoms with E-state index in [1.54, 1.807) is 6.20 Å². The van der Waals surface area contributed by atoms with Crippen molar-refractivity contribution in [3.63, 3.8) is 0 Å². The van der Waals surface area contributed by atoms with Crippen molar-refractivity contribution in [3.8, 4) is 11.1 Å². The number of hydrogen-bond donors (Lipinski definition) is 0. The zero-order valence-corrected chi connectivity index (χ0v) is 18.1. The predicted molar refractivity (Wildman–Crippen MR) is 121 cm³/mol. The number of rotatable bonds is 3. The third-order valence-electron chi connectivity index (χ3n) is 6.50. The van der Waals surface area contributed by atoms with Gasteiger partial charge in [0, 0.05) is 29.0 Å². The van der Waals surface area contributed by atoms with Crippen molar-refractivity contribution in [2.45, 2.75) is 52.0 Å². The van der Waals surface area contributed by atoms with Crippen molar-refractivity contribution in [1.82, 2.24) is 19.2 Å². The molecule has 5 nitrogen and oxygen atoms in total. The molecule has 5 rings (SSSR count). The maximum atomic E-state index is 13.4. The Kier molecular flexibility index (Phi) is 4.86. The Morgan fingerprint density at radius 2 is 1.90 bits per heavy atom. The number of halogens is 1. The molecule has 0 bridgehead atoms. The summed E-state index contributed by atoms with van der Waals surface area (Å²) >= 11 is 6.08. The average Bonchev–Trinajstić information content (AvgIpc) is 3.14. The lowest BCUT2D eigenvalue weighted by Crippen LogP contribution is -2.30. The van der Waals surface area contributed by atoms with E-state index < -0.39 is 0 Å². The molecule has 0 saturated heterocycles. The molecule has 0 spiro atoms. The topological polar surface area (TPSA) is 52.2 Å². The number of nitrogens with zero attached hydrogens (tertiary/aromatic N) is 4. The van der Waals surface area contributed by atoms with Crippen molar-refractivity contribution in [2.75, 3.05) is 0 Å². The predicted octanol–water partition coefficient (Wildman–Crippen LogP) is 5.68. The molecule has 0 amide bonds. The van der Waals surface area contributed by atoms with Gasteiger partial charge < -0.3 is 4.57 Å². The van der Waals surface area contributed by atoms with Crippen LogP contribution in [0.5, 0.6) is 0 Å². The molecule has 154 valence electrons. The summed E-state index contributed by atoms with van der Waals surface area (Å²) in [5, 5.41) is 6.15. The molecule has 0 unspecified atom stereocenters. The first-order chi connectivity index (χ1) is 14.6. The van der Waals surface area contributed by atoms with Gasteiger partial charge in [-0.15, -0.1) is 0 Å². The zero-order chi connectivity index (χ0) is 20.8. The van der Waals surface area contributed by atoms with Gasteiger partial charge in [-0.2, -0.15) is 5.10 Å². The highest BCUT2D eigenvalue weighted by Gasteiger charge is 2.25. The van der Waals surface area contributed by atoms with Gasteiger partial charge in [0.1, 0.15) is 0 Å². The van der Waals surface area contributed by atoms with E-state index in [0.29, 0.717) is 16.3 Å². The van der Waals surface area contributed by atoms with E-state index >= 15 is 0 Å². The molecular formula is C24H25ClN4O. The Bertz CT molecular complexity index is 1290. The van der Waals surface area contributed by atoms with Gasteiger partial charge in [0.25, 0.3) is 5.56 Å². The largest absolute Gasteiger partial charge is 0.312 e. The molecule has 0 radical (unpaired) electrons. The second kappa shape index (κ2) is 7.55. The maximum Gasteiger partial charge on any atom is 0.261 e. The summed E-state index contributed by atoms with van der Waals surface area (Å²) in [7, 11) is 0. The molecular weight excluding hydrogens is 396 g/mol. The molecule has 0 N–H and O–H groups in total. The number of fused-ring (bicyclic) bond motifs is 3. The minimum absolute atomic E-state index is 0.0299. The molecule has 4 aromatic rings. The second-order valence-electron chi connectivity index (χ2n) is 8.33. The molecule has 1 saturated carbocycles. The summed E-state index contributed by atoms with van der Waals surface area (Å²) in [4.78, 5) is 18.0. The third kappa shape index (κ3) is 3.03. The van der Waals surface area contributed by atoms with Crippen molar-refractivity contribution >= 4 is 28.2 Å². The summed E-state index contributed by atoms with van der Waals surface area (Å²) in [6.45, 7) is 4.34. The standard InChI is InChI=1S/C24H25ClN4O/c1-3-19-22(16-8-10-17(25)11-9-16)23-26-14-18-21(29(23)27-19)12-13-28(24(18)30)20-7-5-4-6-15(20)2/h8-15,20H,3-7H2,1-2H3/t15-,20-/m1/s1. The Balaban J connectivity index is 1.72. The molecule has 1 fully saturated rings. The molecule has 30 heavy (non-hydrogen) atoms. The van der Waals surface area contributed by atoms with E-state index in [-0.39, 0.29) is 11.6 Å². The van der Waals surface area contributed by atoms with Crippen LogP contribution in [0.2, 0.25) is 5.02 Å². The van der Waals surface area contributed by atoms with E-state index in [4.69, 9.17) is 21.7 Å². The lowest BCUT2D eigenvalue weighted by Gasteiger charge is -2.30. The van der Waals surface area contributed by atoms with Crippen LogP contribution >= 0.6 is 11.6 Å². The fourth-order valence-corrected chi connectivity index (χ4v) is 4.99. The first-order valence-electron chi connectivity index (χ1n) is 10.8. The smallest absolute Gasteiger partial charge is 0.261 e. The number of aromatic nitrogens is 4. The van der Waals surface area contributed by atoms with Crippen LogP contribution in [0, 0.1) is 5.92 Å². The monoisotopic (exact) mass is 420 g/mol. The van der Waals surface area contributed by atoms with Crippen LogP contribution in [0.4, 0.5) is 0 Å².